The maximum Gasteiger partial charge on any atom is 0.127 e. The molecule has 0 aliphatic carbocycles. The van der Waals surface area contributed by atoms with Crippen LogP contribution in [0.4, 0.5) is 0 Å². The van der Waals surface area contributed by atoms with E-state index in [-0.39, 0.29) is 6.10 Å². The smallest absolute Gasteiger partial charge is 0.127 e. The van der Waals surface area contributed by atoms with Crippen molar-refractivity contribution in [3.8, 4) is 11.5 Å². The average Bonchev–Trinajstić information content (AvgIpc) is 2.40. The van der Waals surface area contributed by atoms with E-state index < -0.39 is 0 Å². The summed E-state index contributed by atoms with van der Waals surface area (Å²) in [5.74, 6) is 2.41. The topological polar surface area (TPSA) is 18.5 Å². The molecule has 0 unspecified atom stereocenters. The molecule has 0 heterocycles. The third-order valence-electron chi connectivity index (χ3n) is 2.99. The molecule has 0 atom stereocenters. The summed E-state index contributed by atoms with van der Waals surface area (Å²) in [5.41, 5.74) is 1.21. The lowest BCUT2D eigenvalue weighted by molar-refractivity contribution is 0.245. The standard InChI is InChI=1S/C17H21ClO2/c1-12(2)20-17-8-7-16(19-10-4-9-18)15-11-13(3)5-6-14(15)17/h5-8,11-12H,4,9-10H2,1-3H3. The van der Waals surface area contributed by atoms with Gasteiger partial charge >= 0.3 is 0 Å². The van der Waals surface area contributed by atoms with Gasteiger partial charge in [0.25, 0.3) is 0 Å². The lowest BCUT2D eigenvalue weighted by atomic mass is 10.1. The van der Waals surface area contributed by atoms with Gasteiger partial charge in [-0.05, 0) is 45.4 Å². The molecule has 108 valence electrons. The summed E-state index contributed by atoms with van der Waals surface area (Å²) in [5, 5.41) is 2.19. The van der Waals surface area contributed by atoms with Crippen LogP contribution in [0.1, 0.15) is 25.8 Å². The number of rotatable bonds is 6. The number of halogens is 1. The van der Waals surface area contributed by atoms with Crippen LogP contribution in [0.5, 0.6) is 11.5 Å². The van der Waals surface area contributed by atoms with Gasteiger partial charge in [0, 0.05) is 16.7 Å². The van der Waals surface area contributed by atoms with Crippen molar-refractivity contribution < 1.29 is 9.47 Å². The Morgan fingerprint density at radius 1 is 1.05 bits per heavy atom. The second-order valence-corrected chi connectivity index (χ2v) is 5.55. The van der Waals surface area contributed by atoms with Crippen LogP contribution in [0, 0.1) is 6.92 Å². The Bertz CT molecular complexity index is 578. The van der Waals surface area contributed by atoms with E-state index in [2.05, 4.69) is 25.1 Å². The van der Waals surface area contributed by atoms with Crippen molar-refractivity contribution in [1.82, 2.24) is 0 Å². The van der Waals surface area contributed by atoms with Crippen molar-refractivity contribution >= 4 is 22.4 Å². The molecule has 2 aromatic carbocycles. The second kappa shape index (κ2) is 6.85. The highest BCUT2D eigenvalue weighted by Crippen LogP contribution is 2.34. The minimum Gasteiger partial charge on any atom is -0.493 e. The highest BCUT2D eigenvalue weighted by atomic mass is 35.5. The Morgan fingerprint density at radius 2 is 1.80 bits per heavy atom. The van der Waals surface area contributed by atoms with Gasteiger partial charge in [-0.1, -0.05) is 17.7 Å². The summed E-state index contributed by atoms with van der Waals surface area (Å²) < 4.78 is 11.7. The third-order valence-corrected chi connectivity index (χ3v) is 3.26. The maximum atomic E-state index is 5.87. The Kier molecular flexibility index (Phi) is 5.13. The van der Waals surface area contributed by atoms with Crippen LogP contribution < -0.4 is 9.47 Å². The first-order chi connectivity index (χ1) is 9.61. The highest BCUT2D eigenvalue weighted by molar-refractivity contribution is 6.17. The molecule has 0 aliphatic rings. The molecule has 0 aliphatic heterocycles. The zero-order chi connectivity index (χ0) is 14.5. The van der Waals surface area contributed by atoms with Crippen LogP contribution in [0.15, 0.2) is 30.3 Å². The molecule has 2 aromatic rings. The monoisotopic (exact) mass is 292 g/mol. The predicted octanol–water partition coefficient (Wildman–Crippen LogP) is 4.94. The zero-order valence-corrected chi connectivity index (χ0v) is 13.0. The van der Waals surface area contributed by atoms with Crippen LogP contribution in [-0.2, 0) is 0 Å². The van der Waals surface area contributed by atoms with E-state index in [0.29, 0.717) is 12.5 Å². The molecule has 0 bridgehead atoms. The van der Waals surface area contributed by atoms with E-state index in [4.69, 9.17) is 21.1 Å². The summed E-state index contributed by atoms with van der Waals surface area (Å²) in [6.45, 7) is 6.78. The van der Waals surface area contributed by atoms with Crippen molar-refractivity contribution in [3.05, 3.63) is 35.9 Å². The minimum absolute atomic E-state index is 0.155. The predicted molar refractivity (Wildman–Crippen MR) is 85.3 cm³/mol. The fourth-order valence-electron chi connectivity index (χ4n) is 2.13. The number of fused-ring (bicyclic) bond motifs is 1. The van der Waals surface area contributed by atoms with Gasteiger partial charge in [-0.3, -0.25) is 0 Å². The number of benzene rings is 2. The van der Waals surface area contributed by atoms with Crippen molar-refractivity contribution in [2.75, 3.05) is 12.5 Å². The first-order valence-corrected chi connectivity index (χ1v) is 7.54. The summed E-state index contributed by atoms with van der Waals surface area (Å²) in [4.78, 5) is 0. The fourth-order valence-corrected chi connectivity index (χ4v) is 2.24. The second-order valence-electron chi connectivity index (χ2n) is 5.17. The van der Waals surface area contributed by atoms with Crippen LogP contribution in [0.3, 0.4) is 0 Å². The molecule has 0 aromatic heterocycles. The molecular weight excluding hydrogens is 272 g/mol. The molecule has 0 saturated heterocycles. The molecule has 3 heteroatoms. The van der Waals surface area contributed by atoms with Gasteiger partial charge < -0.3 is 9.47 Å². The summed E-state index contributed by atoms with van der Waals surface area (Å²) in [7, 11) is 0. The molecule has 0 amide bonds. The van der Waals surface area contributed by atoms with Crippen LogP contribution in [-0.4, -0.2) is 18.6 Å². The summed E-state index contributed by atoms with van der Waals surface area (Å²) in [6.07, 6.45) is 1.00. The number of hydrogen-bond acceptors (Lipinski definition) is 2. The minimum atomic E-state index is 0.155. The van der Waals surface area contributed by atoms with Crippen molar-refractivity contribution in [1.29, 1.82) is 0 Å². The maximum absolute atomic E-state index is 5.87. The van der Waals surface area contributed by atoms with E-state index in [1.165, 1.54) is 5.56 Å². The van der Waals surface area contributed by atoms with Crippen LogP contribution >= 0.6 is 11.6 Å². The molecule has 0 N–H and O–H groups in total. The number of aryl methyl sites for hydroxylation is 1. The van der Waals surface area contributed by atoms with Crippen LogP contribution in [0.25, 0.3) is 10.8 Å². The quantitative estimate of drug-likeness (QED) is 0.554. The lowest BCUT2D eigenvalue weighted by Gasteiger charge is -2.15. The van der Waals surface area contributed by atoms with Gasteiger partial charge in [-0.25, -0.2) is 0 Å². The zero-order valence-electron chi connectivity index (χ0n) is 12.3. The Labute approximate surface area is 125 Å². The largest absolute Gasteiger partial charge is 0.493 e. The highest BCUT2D eigenvalue weighted by Gasteiger charge is 2.09. The first-order valence-electron chi connectivity index (χ1n) is 7.00. The van der Waals surface area contributed by atoms with E-state index >= 15 is 0 Å². The molecule has 0 spiro atoms. The van der Waals surface area contributed by atoms with E-state index in [1.54, 1.807) is 0 Å². The van der Waals surface area contributed by atoms with Gasteiger partial charge in [-0.15, -0.1) is 11.6 Å². The molecule has 0 fully saturated rings. The Balaban J connectivity index is 2.41. The van der Waals surface area contributed by atoms with Gasteiger partial charge in [0.15, 0.2) is 0 Å². The SMILES string of the molecule is Cc1ccc2c(OC(C)C)ccc(OCCCCl)c2c1. The van der Waals surface area contributed by atoms with Gasteiger partial charge in [0.1, 0.15) is 11.5 Å². The Hall–Kier alpha value is -1.41. The van der Waals surface area contributed by atoms with Crippen molar-refractivity contribution in [3.63, 3.8) is 0 Å². The molecule has 0 radical (unpaired) electrons. The molecular formula is C17H21ClO2. The summed E-state index contributed by atoms with van der Waals surface area (Å²) in [6, 6.07) is 10.3. The van der Waals surface area contributed by atoms with Gasteiger partial charge in [0.2, 0.25) is 0 Å². The van der Waals surface area contributed by atoms with Crippen molar-refractivity contribution in [2.45, 2.75) is 33.3 Å². The lowest BCUT2D eigenvalue weighted by Crippen LogP contribution is -2.06. The van der Waals surface area contributed by atoms with E-state index in [9.17, 15) is 0 Å². The van der Waals surface area contributed by atoms with E-state index in [1.807, 2.05) is 26.0 Å². The number of hydrogen-bond donors (Lipinski definition) is 0. The molecule has 2 nitrogen and oxygen atoms in total. The third kappa shape index (κ3) is 3.57. The number of alkyl halides is 1. The molecule has 20 heavy (non-hydrogen) atoms. The van der Waals surface area contributed by atoms with E-state index in [0.717, 1.165) is 28.7 Å². The Morgan fingerprint density at radius 3 is 2.50 bits per heavy atom. The first kappa shape index (κ1) is 15.0. The van der Waals surface area contributed by atoms with Crippen molar-refractivity contribution in [2.24, 2.45) is 0 Å². The van der Waals surface area contributed by atoms with Gasteiger partial charge in [-0.2, -0.15) is 0 Å². The fraction of sp³-hybridized carbons (Fsp3) is 0.412. The summed E-state index contributed by atoms with van der Waals surface area (Å²) >= 11 is 5.69. The average molecular weight is 293 g/mol. The normalized spacial score (nSPS) is 11.1. The number of ether oxygens (including phenoxy) is 2. The molecule has 2 rings (SSSR count). The molecule has 0 saturated carbocycles. The van der Waals surface area contributed by atoms with Crippen LogP contribution in [0.2, 0.25) is 0 Å². The van der Waals surface area contributed by atoms with Gasteiger partial charge in [0.05, 0.1) is 12.7 Å².